The molecule has 0 aliphatic carbocycles. The van der Waals surface area contributed by atoms with Crippen LogP contribution < -0.4 is 15.4 Å². The summed E-state index contributed by atoms with van der Waals surface area (Å²) in [6.45, 7) is 12.0. The Morgan fingerprint density at radius 3 is 2.83 bits per heavy atom. The molecule has 2 N–H and O–H groups in total. The lowest BCUT2D eigenvalue weighted by Crippen LogP contribution is -2.38. The van der Waals surface area contributed by atoms with Gasteiger partial charge in [-0.25, -0.2) is 4.99 Å². The SMILES string of the molecule is C=CCOc1ccccc1CN=C(NCC)NCCCOCC. The maximum atomic E-state index is 5.66. The fourth-order valence-electron chi connectivity index (χ4n) is 1.96. The van der Waals surface area contributed by atoms with Crippen LogP contribution >= 0.6 is 0 Å². The van der Waals surface area contributed by atoms with Crippen molar-refractivity contribution in [3.05, 3.63) is 42.5 Å². The second-order valence-electron chi connectivity index (χ2n) is 4.88. The normalized spacial score (nSPS) is 11.1. The third kappa shape index (κ3) is 8.26. The van der Waals surface area contributed by atoms with Crippen molar-refractivity contribution >= 4 is 5.96 Å². The summed E-state index contributed by atoms with van der Waals surface area (Å²) in [6, 6.07) is 7.94. The summed E-state index contributed by atoms with van der Waals surface area (Å²) < 4.78 is 11.0. The van der Waals surface area contributed by atoms with Gasteiger partial charge in [0.1, 0.15) is 12.4 Å². The van der Waals surface area contributed by atoms with E-state index in [-0.39, 0.29) is 0 Å². The first-order valence-electron chi connectivity index (χ1n) is 8.23. The van der Waals surface area contributed by atoms with E-state index in [2.05, 4.69) is 29.1 Å². The standard InChI is InChI=1S/C18H29N3O2/c1-4-13-23-17-11-8-7-10-16(17)15-21-18(19-5-2)20-12-9-14-22-6-3/h4,7-8,10-11H,1,5-6,9,12-15H2,2-3H3,(H2,19,20,21). The highest BCUT2D eigenvalue weighted by molar-refractivity contribution is 5.79. The van der Waals surface area contributed by atoms with Crippen molar-refractivity contribution in [2.24, 2.45) is 4.99 Å². The lowest BCUT2D eigenvalue weighted by Gasteiger charge is -2.12. The lowest BCUT2D eigenvalue weighted by atomic mass is 10.2. The summed E-state index contributed by atoms with van der Waals surface area (Å²) >= 11 is 0. The Labute approximate surface area is 139 Å². The molecule has 0 unspecified atom stereocenters. The molecular weight excluding hydrogens is 290 g/mol. The van der Waals surface area contributed by atoms with Crippen LogP contribution in [-0.4, -0.2) is 38.9 Å². The fourth-order valence-corrected chi connectivity index (χ4v) is 1.96. The Kier molecular flexibility index (Phi) is 10.4. The summed E-state index contributed by atoms with van der Waals surface area (Å²) in [5, 5.41) is 6.56. The molecule has 0 radical (unpaired) electrons. The smallest absolute Gasteiger partial charge is 0.191 e. The van der Waals surface area contributed by atoms with Crippen LogP contribution in [0.3, 0.4) is 0 Å². The van der Waals surface area contributed by atoms with Crippen LogP contribution in [-0.2, 0) is 11.3 Å². The molecule has 1 aromatic rings. The highest BCUT2D eigenvalue weighted by Crippen LogP contribution is 2.18. The van der Waals surface area contributed by atoms with E-state index in [0.29, 0.717) is 13.2 Å². The predicted octanol–water partition coefficient (Wildman–Crippen LogP) is 2.73. The number of nitrogens with one attached hydrogen (secondary N) is 2. The van der Waals surface area contributed by atoms with Gasteiger partial charge in [-0.05, 0) is 26.3 Å². The van der Waals surface area contributed by atoms with Gasteiger partial charge in [-0.3, -0.25) is 0 Å². The van der Waals surface area contributed by atoms with Gasteiger partial charge >= 0.3 is 0 Å². The third-order valence-corrected chi connectivity index (χ3v) is 3.04. The van der Waals surface area contributed by atoms with Crippen molar-refractivity contribution in [1.29, 1.82) is 0 Å². The van der Waals surface area contributed by atoms with Crippen molar-refractivity contribution in [2.75, 3.05) is 32.9 Å². The quantitative estimate of drug-likeness (QED) is 0.285. The van der Waals surface area contributed by atoms with Crippen LogP contribution in [0, 0.1) is 0 Å². The number of ether oxygens (including phenoxy) is 2. The second kappa shape index (κ2) is 12.5. The molecule has 0 atom stereocenters. The lowest BCUT2D eigenvalue weighted by molar-refractivity contribution is 0.145. The van der Waals surface area contributed by atoms with Crippen molar-refractivity contribution in [2.45, 2.75) is 26.8 Å². The highest BCUT2D eigenvalue weighted by Gasteiger charge is 2.03. The van der Waals surface area contributed by atoms with Crippen molar-refractivity contribution < 1.29 is 9.47 Å². The summed E-state index contributed by atoms with van der Waals surface area (Å²) in [6.07, 6.45) is 2.70. The highest BCUT2D eigenvalue weighted by atomic mass is 16.5. The predicted molar refractivity (Wildman–Crippen MR) is 96.1 cm³/mol. The molecule has 1 aromatic carbocycles. The van der Waals surface area contributed by atoms with Gasteiger partial charge in [-0.1, -0.05) is 30.9 Å². The topological polar surface area (TPSA) is 54.9 Å². The van der Waals surface area contributed by atoms with E-state index in [9.17, 15) is 0 Å². The van der Waals surface area contributed by atoms with Crippen LogP contribution in [0.5, 0.6) is 5.75 Å². The zero-order valence-corrected chi connectivity index (χ0v) is 14.3. The Balaban J connectivity index is 2.57. The average Bonchev–Trinajstić information content (AvgIpc) is 2.58. The van der Waals surface area contributed by atoms with Gasteiger partial charge in [0, 0.05) is 31.9 Å². The minimum absolute atomic E-state index is 0.497. The number of guanidine groups is 1. The minimum Gasteiger partial charge on any atom is -0.489 e. The van der Waals surface area contributed by atoms with Crippen LogP contribution in [0.25, 0.3) is 0 Å². The zero-order valence-electron chi connectivity index (χ0n) is 14.3. The van der Waals surface area contributed by atoms with Crippen LogP contribution in [0.15, 0.2) is 41.9 Å². The maximum Gasteiger partial charge on any atom is 0.191 e. The minimum atomic E-state index is 0.497. The monoisotopic (exact) mass is 319 g/mol. The molecule has 0 fully saturated rings. The van der Waals surface area contributed by atoms with E-state index in [4.69, 9.17) is 9.47 Å². The summed E-state index contributed by atoms with van der Waals surface area (Å²) in [5.41, 5.74) is 1.06. The third-order valence-electron chi connectivity index (χ3n) is 3.04. The first kappa shape index (κ1) is 19.0. The zero-order chi connectivity index (χ0) is 16.8. The number of rotatable bonds is 11. The Hall–Kier alpha value is -2.01. The fraction of sp³-hybridized carbons (Fsp3) is 0.500. The van der Waals surface area contributed by atoms with Gasteiger partial charge in [-0.15, -0.1) is 0 Å². The van der Waals surface area contributed by atoms with E-state index >= 15 is 0 Å². The number of nitrogens with zero attached hydrogens (tertiary/aromatic N) is 1. The summed E-state index contributed by atoms with van der Waals surface area (Å²) in [7, 11) is 0. The van der Waals surface area contributed by atoms with E-state index < -0.39 is 0 Å². The molecule has 0 aliphatic rings. The van der Waals surface area contributed by atoms with Crippen LogP contribution in [0.1, 0.15) is 25.8 Å². The molecule has 0 saturated carbocycles. The molecule has 0 spiro atoms. The van der Waals surface area contributed by atoms with Crippen molar-refractivity contribution in [1.82, 2.24) is 10.6 Å². The first-order chi connectivity index (χ1) is 11.3. The van der Waals surface area contributed by atoms with Gasteiger partial charge in [0.25, 0.3) is 0 Å². The molecule has 0 heterocycles. The van der Waals surface area contributed by atoms with Crippen molar-refractivity contribution in [3.8, 4) is 5.75 Å². The van der Waals surface area contributed by atoms with Crippen LogP contribution in [0.4, 0.5) is 0 Å². The second-order valence-corrected chi connectivity index (χ2v) is 4.88. The summed E-state index contributed by atoms with van der Waals surface area (Å²) in [5.74, 6) is 1.66. The molecule has 0 bridgehead atoms. The number of aliphatic imine (C=N–C) groups is 1. The molecule has 23 heavy (non-hydrogen) atoms. The van der Waals surface area contributed by atoms with Gasteiger partial charge in [0.2, 0.25) is 0 Å². The molecule has 0 aliphatic heterocycles. The molecule has 0 aromatic heterocycles. The largest absolute Gasteiger partial charge is 0.489 e. The average molecular weight is 319 g/mol. The Morgan fingerprint density at radius 1 is 1.26 bits per heavy atom. The molecule has 5 heteroatoms. The number of hydrogen-bond acceptors (Lipinski definition) is 3. The Bertz CT molecular complexity index is 475. The molecule has 5 nitrogen and oxygen atoms in total. The first-order valence-corrected chi connectivity index (χ1v) is 8.23. The van der Waals surface area contributed by atoms with Gasteiger partial charge in [0.15, 0.2) is 5.96 Å². The van der Waals surface area contributed by atoms with Gasteiger partial charge in [0.05, 0.1) is 6.54 Å². The molecule has 1 rings (SSSR count). The number of para-hydroxylation sites is 1. The van der Waals surface area contributed by atoms with E-state index in [1.807, 2.05) is 31.2 Å². The molecular formula is C18H29N3O2. The van der Waals surface area contributed by atoms with Crippen LogP contribution in [0.2, 0.25) is 0 Å². The van der Waals surface area contributed by atoms with Gasteiger partial charge in [-0.2, -0.15) is 0 Å². The van der Waals surface area contributed by atoms with Crippen molar-refractivity contribution in [3.63, 3.8) is 0 Å². The molecule has 0 amide bonds. The maximum absolute atomic E-state index is 5.66. The molecule has 0 saturated heterocycles. The number of benzene rings is 1. The number of hydrogen-bond donors (Lipinski definition) is 2. The summed E-state index contributed by atoms with van der Waals surface area (Å²) in [4.78, 5) is 4.62. The van der Waals surface area contributed by atoms with E-state index in [1.54, 1.807) is 6.08 Å². The van der Waals surface area contributed by atoms with Gasteiger partial charge < -0.3 is 20.1 Å². The Morgan fingerprint density at radius 2 is 2.09 bits per heavy atom. The van der Waals surface area contributed by atoms with E-state index in [1.165, 1.54) is 0 Å². The van der Waals surface area contributed by atoms with E-state index in [0.717, 1.165) is 50.0 Å². The molecule has 128 valence electrons.